The van der Waals surface area contributed by atoms with Gasteiger partial charge in [0.15, 0.2) is 0 Å². The van der Waals surface area contributed by atoms with Crippen LogP contribution in [0.5, 0.6) is 11.5 Å². The Balaban J connectivity index is 2.04. The average molecular weight is 328 g/mol. The number of anilines is 1. The summed E-state index contributed by atoms with van der Waals surface area (Å²) < 4.78 is 10.5. The molecule has 0 radical (unpaired) electrons. The number of hydrogen-bond donors (Lipinski definition) is 2. The van der Waals surface area contributed by atoms with E-state index in [2.05, 4.69) is 10.6 Å². The van der Waals surface area contributed by atoms with Crippen LogP contribution in [0.3, 0.4) is 0 Å². The zero-order valence-electron chi connectivity index (χ0n) is 13.9. The first kappa shape index (κ1) is 17.3. The number of ether oxygens (including phenoxy) is 2. The fourth-order valence-electron chi connectivity index (χ4n) is 2.21. The second-order valence-electron chi connectivity index (χ2n) is 5.12. The molecule has 126 valence electrons. The molecular formula is C18H20N2O4. The van der Waals surface area contributed by atoms with Crippen LogP contribution in [0.1, 0.15) is 22.8 Å². The highest BCUT2D eigenvalue weighted by atomic mass is 16.5. The summed E-state index contributed by atoms with van der Waals surface area (Å²) in [6.45, 7) is 1.74. The van der Waals surface area contributed by atoms with Crippen molar-refractivity contribution in [2.75, 3.05) is 19.5 Å². The van der Waals surface area contributed by atoms with E-state index >= 15 is 0 Å². The third-order valence-electron chi connectivity index (χ3n) is 3.39. The molecule has 0 saturated heterocycles. The van der Waals surface area contributed by atoms with E-state index in [1.807, 2.05) is 6.07 Å². The fourth-order valence-corrected chi connectivity index (χ4v) is 2.21. The average Bonchev–Trinajstić information content (AvgIpc) is 2.59. The second kappa shape index (κ2) is 8.01. The third kappa shape index (κ3) is 4.49. The number of hydrogen-bond acceptors (Lipinski definition) is 4. The molecule has 0 unspecified atom stereocenters. The van der Waals surface area contributed by atoms with Gasteiger partial charge in [-0.25, -0.2) is 0 Å². The first-order chi connectivity index (χ1) is 11.5. The maximum atomic E-state index is 12.2. The van der Waals surface area contributed by atoms with Gasteiger partial charge < -0.3 is 20.1 Å². The van der Waals surface area contributed by atoms with Gasteiger partial charge in [0.2, 0.25) is 5.91 Å². The van der Waals surface area contributed by atoms with E-state index in [1.165, 1.54) is 6.92 Å². The molecule has 0 aliphatic carbocycles. The van der Waals surface area contributed by atoms with Crippen molar-refractivity contribution in [1.82, 2.24) is 5.32 Å². The van der Waals surface area contributed by atoms with Gasteiger partial charge in [-0.1, -0.05) is 0 Å². The lowest BCUT2D eigenvalue weighted by atomic mass is 10.1. The number of carbonyl (C=O) groups excluding carboxylic acids is 2. The maximum Gasteiger partial charge on any atom is 0.251 e. The Morgan fingerprint density at radius 2 is 1.71 bits per heavy atom. The highest BCUT2D eigenvalue weighted by molar-refractivity contribution is 5.95. The van der Waals surface area contributed by atoms with Crippen LogP contribution >= 0.6 is 0 Å². The summed E-state index contributed by atoms with van der Waals surface area (Å²) in [5.41, 5.74) is 1.97. The van der Waals surface area contributed by atoms with E-state index in [4.69, 9.17) is 9.47 Å². The SMILES string of the molecule is COc1ccc(OC)c(CNC(=O)c2ccc(NC(C)=O)cc2)c1. The summed E-state index contributed by atoms with van der Waals surface area (Å²) >= 11 is 0. The minimum Gasteiger partial charge on any atom is -0.497 e. The van der Waals surface area contributed by atoms with E-state index < -0.39 is 0 Å². The van der Waals surface area contributed by atoms with Crippen LogP contribution in [0.25, 0.3) is 0 Å². The molecule has 0 aliphatic rings. The Labute approximate surface area is 140 Å². The van der Waals surface area contributed by atoms with Crippen molar-refractivity contribution in [2.45, 2.75) is 13.5 Å². The highest BCUT2D eigenvalue weighted by Gasteiger charge is 2.09. The van der Waals surface area contributed by atoms with Crippen molar-refractivity contribution in [3.8, 4) is 11.5 Å². The first-order valence-corrected chi connectivity index (χ1v) is 7.40. The minimum atomic E-state index is -0.214. The van der Waals surface area contributed by atoms with Crippen LogP contribution in [0.15, 0.2) is 42.5 Å². The predicted octanol–water partition coefficient (Wildman–Crippen LogP) is 2.59. The molecule has 0 heterocycles. The topological polar surface area (TPSA) is 76.7 Å². The molecule has 0 fully saturated rings. The van der Waals surface area contributed by atoms with E-state index in [0.717, 1.165) is 5.56 Å². The Kier molecular flexibility index (Phi) is 5.78. The molecular weight excluding hydrogens is 308 g/mol. The van der Waals surface area contributed by atoms with Crippen LogP contribution in [-0.2, 0) is 11.3 Å². The fraction of sp³-hybridized carbons (Fsp3) is 0.222. The number of carbonyl (C=O) groups is 2. The lowest BCUT2D eigenvalue weighted by Crippen LogP contribution is -2.23. The molecule has 0 aliphatic heterocycles. The molecule has 0 spiro atoms. The number of methoxy groups -OCH3 is 2. The van der Waals surface area contributed by atoms with Crippen LogP contribution in [0, 0.1) is 0 Å². The highest BCUT2D eigenvalue weighted by Crippen LogP contribution is 2.23. The number of benzene rings is 2. The smallest absolute Gasteiger partial charge is 0.251 e. The summed E-state index contributed by atoms with van der Waals surface area (Å²) in [6, 6.07) is 12.1. The third-order valence-corrected chi connectivity index (χ3v) is 3.39. The molecule has 0 aromatic heterocycles. The maximum absolute atomic E-state index is 12.2. The Morgan fingerprint density at radius 1 is 1.00 bits per heavy atom. The molecule has 0 atom stereocenters. The van der Waals surface area contributed by atoms with Crippen LogP contribution < -0.4 is 20.1 Å². The molecule has 24 heavy (non-hydrogen) atoms. The lowest BCUT2D eigenvalue weighted by Gasteiger charge is -2.11. The summed E-state index contributed by atoms with van der Waals surface area (Å²) in [5.74, 6) is 1.00. The number of nitrogens with one attached hydrogen (secondary N) is 2. The molecule has 0 bridgehead atoms. The zero-order chi connectivity index (χ0) is 17.5. The largest absolute Gasteiger partial charge is 0.497 e. The molecule has 2 N–H and O–H groups in total. The van der Waals surface area contributed by atoms with Gasteiger partial charge in [0.05, 0.1) is 14.2 Å². The molecule has 2 amide bonds. The monoisotopic (exact) mass is 328 g/mol. The van der Waals surface area contributed by atoms with Gasteiger partial charge in [-0.2, -0.15) is 0 Å². The molecule has 0 saturated carbocycles. The summed E-state index contributed by atoms with van der Waals surface area (Å²) in [7, 11) is 3.16. The van der Waals surface area contributed by atoms with Gasteiger partial charge in [0, 0.05) is 30.3 Å². The van der Waals surface area contributed by atoms with Gasteiger partial charge in [0.25, 0.3) is 5.91 Å². The van der Waals surface area contributed by atoms with Crippen LogP contribution in [-0.4, -0.2) is 26.0 Å². The molecule has 6 heteroatoms. The number of amides is 2. The van der Waals surface area contributed by atoms with E-state index in [-0.39, 0.29) is 11.8 Å². The predicted molar refractivity (Wildman–Crippen MR) is 91.5 cm³/mol. The molecule has 2 rings (SSSR count). The van der Waals surface area contributed by atoms with E-state index in [1.54, 1.807) is 50.6 Å². The van der Waals surface area contributed by atoms with Gasteiger partial charge in [-0.3, -0.25) is 9.59 Å². The molecule has 2 aromatic rings. The molecule has 6 nitrogen and oxygen atoms in total. The normalized spacial score (nSPS) is 9.96. The quantitative estimate of drug-likeness (QED) is 0.854. The van der Waals surface area contributed by atoms with Crippen molar-refractivity contribution >= 4 is 17.5 Å². The first-order valence-electron chi connectivity index (χ1n) is 7.40. The van der Waals surface area contributed by atoms with Gasteiger partial charge in [-0.15, -0.1) is 0 Å². The van der Waals surface area contributed by atoms with Gasteiger partial charge in [0.1, 0.15) is 11.5 Å². The van der Waals surface area contributed by atoms with Crippen LogP contribution in [0.4, 0.5) is 5.69 Å². The van der Waals surface area contributed by atoms with Crippen molar-refractivity contribution < 1.29 is 19.1 Å². The van der Waals surface area contributed by atoms with Gasteiger partial charge in [-0.05, 0) is 42.5 Å². The van der Waals surface area contributed by atoms with E-state index in [9.17, 15) is 9.59 Å². The lowest BCUT2D eigenvalue weighted by molar-refractivity contribution is -0.114. The standard InChI is InChI=1S/C18H20N2O4/c1-12(21)20-15-6-4-13(5-7-15)18(22)19-11-14-10-16(23-2)8-9-17(14)24-3/h4-10H,11H2,1-3H3,(H,19,22)(H,20,21). The molecule has 2 aromatic carbocycles. The van der Waals surface area contributed by atoms with Crippen molar-refractivity contribution in [3.05, 3.63) is 53.6 Å². The van der Waals surface area contributed by atoms with Crippen molar-refractivity contribution in [1.29, 1.82) is 0 Å². The summed E-state index contributed by atoms with van der Waals surface area (Å²) in [6.07, 6.45) is 0. The Bertz CT molecular complexity index is 726. The Hall–Kier alpha value is -3.02. The summed E-state index contributed by atoms with van der Waals surface area (Å²) in [4.78, 5) is 23.2. The van der Waals surface area contributed by atoms with Crippen molar-refractivity contribution in [3.63, 3.8) is 0 Å². The number of rotatable bonds is 6. The van der Waals surface area contributed by atoms with Crippen LogP contribution in [0.2, 0.25) is 0 Å². The van der Waals surface area contributed by atoms with Gasteiger partial charge >= 0.3 is 0 Å². The minimum absolute atomic E-state index is 0.155. The zero-order valence-corrected chi connectivity index (χ0v) is 13.9. The summed E-state index contributed by atoms with van der Waals surface area (Å²) in [5, 5.41) is 5.50. The van der Waals surface area contributed by atoms with E-state index in [0.29, 0.717) is 29.3 Å². The second-order valence-corrected chi connectivity index (χ2v) is 5.12. The Morgan fingerprint density at radius 3 is 2.29 bits per heavy atom. The van der Waals surface area contributed by atoms with Crippen molar-refractivity contribution in [2.24, 2.45) is 0 Å².